The van der Waals surface area contributed by atoms with E-state index in [2.05, 4.69) is 25.6 Å². The fourth-order valence-electron chi connectivity index (χ4n) is 5.95. The molecule has 1 unspecified atom stereocenters. The number of fused-ring (bicyclic) bond motifs is 1. The highest BCUT2D eigenvalue weighted by molar-refractivity contribution is 6.39. The quantitative estimate of drug-likeness (QED) is 0.121. The number of carbonyl (C=O) groups excluding carboxylic acids is 2. The summed E-state index contributed by atoms with van der Waals surface area (Å²) in [6.45, 7) is -0.332. The maximum absolute atomic E-state index is 13.2. The molecule has 5 rings (SSSR count). The van der Waals surface area contributed by atoms with Crippen LogP contribution < -0.4 is 15.4 Å². The van der Waals surface area contributed by atoms with Gasteiger partial charge in [0, 0.05) is 19.6 Å². The van der Waals surface area contributed by atoms with Gasteiger partial charge in [0.25, 0.3) is 6.43 Å². The number of nitrogens with zero attached hydrogens (tertiary/aromatic N) is 2. The van der Waals surface area contributed by atoms with E-state index in [0.29, 0.717) is 49.8 Å². The first-order chi connectivity index (χ1) is 22.4. The Balaban J connectivity index is 1.27. The molecule has 1 aliphatic carbocycles. The predicted octanol–water partition coefficient (Wildman–Crippen LogP) is 8.17. The smallest absolute Gasteiger partial charge is 0.391 e. The van der Waals surface area contributed by atoms with Crippen molar-refractivity contribution in [2.24, 2.45) is 11.8 Å². The van der Waals surface area contributed by atoms with Gasteiger partial charge in [0.05, 0.1) is 32.7 Å². The molecular formula is C31H34Cl2F5N5O4. The highest BCUT2D eigenvalue weighted by Crippen LogP contribution is 2.41. The summed E-state index contributed by atoms with van der Waals surface area (Å²) in [6, 6.07) is 4.68. The van der Waals surface area contributed by atoms with Crippen molar-refractivity contribution in [1.29, 1.82) is 0 Å². The Hall–Kier alpha value is -3.23. The lowest BCUT2D eigenvalue weighted by molar-refractivity contribution is -0.184. The molecule has 47 heavy (non-hydrogen) atoms. The van der Waals surface area contributed by atoms with Gasteiger partial charge in [-0.05, 0) is 68.6 Å². The van der Waals surface area contributed by atoms with Crippen molar-refractivity contribution in [3.8, 4) is 5.88 Å². The number of anilines is 2. The van der Waals surface area contributed by atoms with Crippen LogP contribution in [0, 0.1) is 11.8 Å². The normalized spacial score (nSPS) is 20.1. The standard InChI is InChI=1S/C31H34Cl2F5N5O4/c32-20-11-8-17(14-39-28(45)23-5-2-12-46-23)25(33)26(20)41-30-40-21-13-19(29(42-27(21)43-30)47-15-24(34)35)22(44)4-1-3-16-6-9-18(10-7-16)31(36,37)38/h8,11,13,16,18,23-24H,1-7,9-10,12,14-15H2,(H,39,45)(H2,40,41,42,43). The maximum atomic E-state index is 13.2. The molecule has 256 valence electrons. The molecule has 0 radical (unpaired) electrons. The molecule has 1 saturated carbocycles. The van der Waals surface area contributed by atoms with Gasteiger partial charge in [-0.1, -0.05) is 35.7 Å². The number of amides is 1. The number of pyridine rings is 1. The van der Waals surface area contributed by atoms with Crippen LogP contribution in [0.5, 0.6) is 5.88 Å². The van der Waals surface area contributed by atoms with Gasteiger partial charge in [0.1, 0.15) is 6.10 Å². The number of ether oxygens (including phenoxy) is 2. The van der Waals surface area contributed by atoms with Crippen LogP contribution in [0.2, 0.25) is 10.0 Å². The molecule has 1 amide bonds. The Kier molecular flexibility index (Phi) is 11.4. The summed E-state index contributed by atoms with van der Waals surface area (Å²) in [6.07, 6.45) is -3.95. The molecule has 16 heteroatoms. The number of alkyl halides is 5. The summed E-state index contributed by atoms with van der Waals surface area (Å²) in [4.78, 5) is 37.1. The summed E-state index contributed by atoms with van der Waals surface area (Å²) in [5.41, 5.74) is 1.21. The van der Waals surface area contributed by atoms with Gasteiger partial charge >= 0.3 is 6.18 Å². The summed E-state index contributed by atoms with van der Waals surface area (Å²) in [5.74, 6) is -1.99. The Morgan fingerprint density at radius 3 is 2.55 bits per heavy atom. The second-order valence-corrected chi connectivity index (χ2v) is 12.6. The first-order valence-electron chi connectivity index (χ1n) is 15.4. The van der Waals surface area contributed by atoms with Gasteiger partial charge < -0.3 is 25.1 Å². The topological polar surface area (TPSA) is 118 Å². The van der Waals surface area contributed by atoms with Crippen LogP contribution in [0.25, 0.3) is 11.2 Å². The number of ketones is 1. The van der Waals surface area contributed by atoms with Crippen LogP contribution in [0.15, 0.2) is 18.2 Å². The van der Waals surface area contributed by atoms with Crippen LogP contribution in [-0.2, 0) is 16.1 Å². The largest absolute Gasteiger partial charge is 0.471 e. The van der Waals surface area contributed by atoms with Gasteiger partial charge in [-0.2, -0.15) is 23.1 Å². The molecule has 0 bridgehead atoms. The summed E-state index contributed by atoms with van der Waals surface area (Å²) < 4.78 is 75.6. The number of halogens is 7. The maximum Gasteiger partial charge on any atom is 0.391 e. The first-order valence-corrected chi connectivity index (χ1v) is 16.2. The molecule has 1 atom stereocenters. The third-order valence-corrected chi connectivity index (χ3v) is 9.25. The van der Waals surface area contributed by atoms with Gasteiger partial charge in [0.2, 0.25) is 17.7 Å². The molecular weight excluding hydrogens is 672 g/mol. The number of rotatable bonds is 13. The van der Waals surface area contributed by atoms with E-state index in [1.165, 1.54) is 6.07 Å². The van der Waals surface area contributed by atoms with Crippen molar-refractivity contribution in [1.82, 2.24) is 20.3 Å². The summed E-state index contributed by atoms with van der Waals surface area (Å²) in [7, 11) is 0. The number of hydrogen-bond acceptors (Lipinski definition) is 7. The minimum Gasteiger partial charge on any atom is -0.471 e. The zero-order valence-electron chi connectivity index (χ0n) is 25.2. The van der Waals surface area contributed by atoms with Crippen molar-refractivity contribution in [2.75, 3.05) is 18.5 Å². The molecule has 3 aromatic rings. The van der Waals surface area contributed by atoms with Crippen molar-refractivity contribution in [2.45, 2.75) is 83.0 Å². The molecule has 1 saturated heterocycles. The molecule has 9 nitrogen and oxygen atoms in total. The molecule has 2 aliphatic rings. The average molecular weight is 707 g/mol. The highest BCUT2D eigenvalue weighted by Gasteiger charge is 2.41. The third kappa shape index (κ3) is 9.02. The van der Waals surface area contributed by atoms with E-state index in [1.807, 2.05) is 0 Å². The number of H-pyrrole nitrogens is 1. The second-order valence-electron chi connectivity index (χ2n) is 11.8. The molecule has 2 aromatic heterocycles. The van der Waals surface area contributed by atoms with E-state index in [1.54, 1.807) is 12.1 Å². The Morgan fingerprint density at radius 2 is 1.87 bits per heavy atom. The van der Waals surface area contributed by atoms with E-state index in [-0.39, 0.29) is 76.4 Å². The molecule has 2 fully saturated rings. The van der Waals surface area contributed by atoms with Gasteiger partial charge in [-0.3, -0.25) is 9.59 Å². The monoisotopic (exact) mass is 705 g/mol. The number of hydrogen-bond donors (Lipinski definition) is 3. The zero-order chi connectivity index (χ0) is 33.7. The van der Waals surface area contributed by atoms with E-state index >= 15 is 0 Å². The Morgan fingerprint density at radius 1 is 1.11 bits per heavy atom. The lowest BCUT2D eigenvalue weighted by atomic mass is 9.79. The molecule has 1 aromatic carbocycles. The van der Waals surface area contributed by atoms with Crippen LogP contribution in [0.1, 0.15) is 73.7 Å². The summed E-state index contributed by atoms with van der Waals surface area (Å²) >= 11 is 13.0. The minimum atomic E-state index is -4.19. The van der Waals surface area contributed by atoms with Crippen molar-refractivity contribution < 1.29 is 41.0 Å². The number of benzene rings is 1. The van der Waals surface area contributed by atoms with Gasteiger partial charge in [0.15, 0.2) is 18.0 Å². The Bertz CT molecular complexity index is 1570. The first kappa shape index (κ1) is 35.1. The fraction of sp³-hybridized carbons (Fsp3) is 0.548. The second kappa shape index (κ2) is 15.3. The molecule has 3 N–H and O–H groups in total. The van der Waals surface area contributed by atoms with Crippen LogP contribution in [0.3, 0.4) is 0 Å². The van der Waals surface area contributed by atoms with Crippen LogP contribution >= 0.6 is 23.2 Å². The lowest BCUT2D eigenvalue weighted by Crippen LogP contribution is -2.33. The number of imidazole rings is 1. The van der Waals surface area contributed by atoms with Crippen LogP contribution in [-0.4, -0.2) is 58.6 Å². The summed E-state index contributed by atoms with van der Waals surface area (Å²) in [5, 5.41) is 6.27. The highest BCUT2D eigenvalue weighted by atomic mass is 35.5. The van der Waals surface area contributed by atoms with Gasteiger partial charge in [-0.25, -0.2) is 8.78 Å². The van der Waals surface area contributed by atoms with E-state index in [4.69, 9.17) is 32.7 Å². The van der Waals surface area contributed by atoms with E-state index in [0.717, 1.165) is 6.42 Å². The van der Waals surface area contributed by atoms with Crippen LogP contribution in [0.4, 0.5) is 33.6 Å². The third-order valence-electron chi connectivity index (χ3n) is 8.50. The van der Waals surface area contributed by atoms with E-state index in [9.17, 15) is 31.5 Å². The minimum absolute atomic E-state index is 0.0193. The van der Waals surface area contributed by atoms with Crippen molar-refractivity contribution in [3.05, 3.63) is 39.4 Å². The SMILES string of the molecule is O=C(CCCC1CCC(C(F)(F)F)CC1)c1cc2[nH]c(Nc3c(Cl)ccc(CNC(=O)C4CCCO4)c3Cl)nc2nc1OCC(F)F. The number of Topliss-reactive ketones (excluding diaryl/α,β-unsaturated/α-hetero) is 1. The number of aromatic amines is 1. The Labute approximate surface area is 277 Å². The number of nitrogens with one attached hydrogen (secondary N) is 3. The zero-order valence-corrected chi connectivity index (χ0v) is 26.7. The molecule has 0 spiro atoms. The number of aromatic nitrogens is 3. The fourth-order valence-corrected chi connectivity index (χ4v) is 6.48. The molecule has 1 aliphatic heterocycles. The average Bonchev–Trinajstić information content (AvgIpc) is 3.71. The molecule has 3 heterocycles. The van der Waals surface area contributed by atoms with Crippen molar-refractivity contribution in [3.63, 3.8) is 0 Å². The number of carbonyl (C=O) groups is 2. The lowest BCUT2D eigenvalue weighted by Gasteiger charge is -2.29. The van der Waals surface area contributed by atoms with E-state index < -0.39 is 37.0 Å². The predicted molar refractivity (Wildman–Crippen MR) is 166 cm³/mol. The van der Waals surface area contributed by atoms with Gasteiger partial charge in [-0.15, -0.1) is 0 Å². The van der Waals surface area contributed by atoms with Crippen molar-refractivity contribution >= 4 is 57.7 Å².